The lowest BCUT2D eigenvalue weighted by Gasteiger charge is -2.08. The lowest BCUT2D eigenvalue weighted by Crippen LogP contribution is -2.36. The molecule has 0 aromatic heterocycles. The molecule has 0 bridgehead atoms. The number of para-hydroxylation sites is 2. The molecule has 0 spiro atoms. The summed E-state index contributed by atoms with van der Waals surface area (Å²) in [6.07, 6.45) is 0. The van der Waals surface area contributed by atoms with Crippen LogP contribution in [0.5, 0.6) is 5.75 Å². The lowest BCUT2D eigenvalue weighted by molar-refractivity contribution is -0.119. The molecule has 1 amide bonds. The van der Waals surface area contributed by atoms with Crippen LogP contribution in [0.2, 0.25) is 0 Å². The van der Waals surface area contributed by atoms with E-state index in [0.29, 0.717) is 17.1 Å². The maximum atomic E-state index is 12.5. The monoisotopic (exact) mass is 353 g/mol. The zero-order chi connectivity index (χ0) is 17.8. The number of hydrogen-bond donors (Lipinski definition) is 2. The summed E-state index contributed by atoms with van der Waals surface area (Å²) in [6.45, 7) is 0. The van der Waals surface area contributed by atoms with Crippen LogP contribution in [0.3, 0.4) is 0 Å². The molecule has 8 heteroatoms. The highest BCUT2D eigenvalue weighted by Gasteiger charge is 2.34. The van der Waals surface area contributed by atoms with Gasteiger partial charge in [-0.3, -0.25) is 10.2 Å². The molecule has 0 aliphatic carbocycles. The Morgan fingerprint density at radius 1 is 1.20 bits per heavy atom. The van der Waals surface area contributed by atoms with Gasteiger partial charge in [0, 0.05) is 5.56 Å². The number of carbonyl (C=O) groups excluding carboxylic acids is 1. The van der Waals surface area contributed by atoms with Crippen LogP contribution in [0.25, 0.3) is 0 Å². The SMILES string of the molecule is COc1ccccc1N/N=C1/C(=O)N(C(N)=S)N=C1c1ccccc1. The number of anilines is 1. The van der Waals surface area contributed by atoms with E-state index in [4.69, 9.17) is 22.7 Å². The molecule has 0 radical (unpaired) electrons. The zero-order valence-electron chi connectivity index (χ0n) is 13.3. The van der Waals surface area contributed by atoms with Crippen molar-refractivity contribution in [3.63, 3.8) is 0 Å². The van der Waals surface area contributed by atoms with Gasteiger partial charge in [-0.1, -0.05) is 42.5 Å². The molecular weight excluding hydrogens is 338 g/mol. The molecule has 0 saturated heterocycles. The molecule has 0 atom stereocenters. The Morgan fingerprint density at radius 3 is 2.56 bits per heavy atom. The first-order valence-electron chi connectivity index (χ1n) is 7.37. The number of ether oxygens (including phenoxy) is 1. The molecule has 25 heavy (non-hydrogen) atoms. The normalized spacial score (nSPS) is 15.2. The van der Waals surface area contributed by atoms with E-state index < -0.39 is 5.91 Å². The van der Waals surface area contributed by atoms with Crippen molar-refractivity contribution < 1.29 is 9.53 Å². The number of thiocarbonyl (C=S) groups is 1. The average molecular weight is 353 g/mol. The molecule has 7 nitrogen and oxygen atoms in total. The molecule has 1 aliphatic heterocycles. The number of hydrazone groups is 2. The Balaban J connectivity index is 1.98. The number of amides is 1. The van der Waals surface area contributed by atoms with Crippen LogP contribution < -0.4 is 15.9 Å². The summed E-state index contributed by atoms with van der Waals surface area (Å²) in [5.41, 5.74) is 10.3. The smallest absolute Gasteiger partial charge is 0.303 e. The molecule has 2 aromatic carbocycles. The van der Waals surface area contributed by atoms with Gasteiger partial charge in [-0.25, -0.2) is 0 Å². The molecule has 0 unspecified atom stereocenters. The number of rotatable bonds is 4. The molecule has 3 N–H and O–H groups in total. The van der Waals surface area contributed by atoms with Gasteiger partial charge in [-0.05, 0) is 24.4 Å². The van der Waals surface area contributed by atoms with E-state index in [1.807, 2.05) is 42.5 Å². The van der Waals surface area contributed by atoms with Crippen LogP contribution in [-0.2, 0) is 4.79 Å². The summed E-state index contributed by atoms with van der Waals surface area (Å²) in [6, 6.07) is 16.4. The van der Waals surface area contributed by atoms with Crippen LogP contribution in [0.1, 0.15) is 5.56 Å². The number of nitrogens with two attached hydrogens (primary N) is 1. The van der Waals surface area contributed by atoms with Gasteiger partial charge in [0.1, 0.15) is 11.5 Å². The second-order valence-electron chi connectivity index (χ2n) is 5.04. The molecule has 2 aromatic rings. The summed E-state index contributed by atoms with van der Waals surface area (Å²) in [7, 11) is 1.56. The maximum Gasteiger partial charge on any atom is 0.303 e. The Kier molecular flexibility index (Phi) is 4.71. The van der Waals surface area contributed by atoms with E-state index >= 15 is 0 Å². The average Bonchev–Trinajstić information content (AvgIpc) is 2.97. The van der Waals surface area contributed by atoms with Crippen molar-refractivity contribution in [2.75, 3.05) is 12.5 Å². The fraction of sp³-hybridized carbons (Fsp3) is 0.0588. The fourth-order valence-electron chi connectivity index (χ4n) is 2.29. The van der Waals surface area contributed by atoms with Crippen LogP contribution >= 0.6 is 12.2 Å². The molecule has 1 aliphatic rings. The topological polar surface area (TPSA) is 92.3 Å². The highest BCUT2D eigenvalue weighted by atomic mass is 32.1. The van der Waals surface area contributed by atoms with E-state index in [0.717, 1.165) is 10.6 Å². The highest BCUT2D eigenvalue weighted by Crippen LogP contribution is 2.23. The Morgan fingerprint density at radius 2 is 1.88 bits per heavy atom. The van der Waals surface area contributed by atoms with Crippen molar-refractivity contribution in [3.05, 3.63) is 60.2 Å². The van der Waals surface area contributed by atoms with Gasteiger partial charge in [0.15, 0.2) is 10.8 Å². The minimum Gasteiger partial charge on any atom is -0.495 e. The van der Waals surface area contributed by atoms with E-state index in [1.54, 1.807) is 19.2 Å². The predicted molar refractivity (Wildman–Crippen MR) is 101 cm³/mol. The summed E-state index contributed by atoms with van der Waals surface area (Å²) in [5, 5.41) is 9.25. The Bertz CT molecular complexity index is 880. The van der Waals surface area contributed by atoms with Gasteiger partial charge in [0.2, 0.25) is 0 Å². The number of methoxy groups -OCH3 is 1. The van der Waals surface area contributed by atoms with Gasteiger partial charge in [0.25, 0.3) is 0 Å². The van der Waals surface area contributed by atoms with E-state index in [-0.39, 0.29) is 10.8 Å². The number of nitrogens with one attached hydrogen (secondary N) is 1. The van der Waals surface area contributed by atoms with Crippen LogP contribution in [0, 0.1) is 0 Å². The second-order valence-corrected chi connectivity index (χ2v) is 5.46. The fourth-order valence-corrected chi connectivity index (χ4v) is 2.41. The van der Waals surface area contributed by atoms with Gasteiger partial charge in [0.05, 0.1) is 12.8 Å². The van der Waals surface area contributed by atoms with Crippen LogP contribution in [0.15, 0.2) is 64.8 Å². The number of nitrogens with zero attached hydrogens (tertiary/aromatic N) is 3. The third-order valence-corrected chi connectivity index (χ3v) is 3.64. The molecule has 3 rings (SSSR count). The third-order valence-electron chi connectivity index (χ3n) is 3.47. The summed E-state index contributed by atoms with van der Waals surface area (Å²) in [5.74, 6) is 0.107. The standard InChI is InChI=1S/C17H15N5O2S/c1-24-13-10-6-5-9-12(13)19-20-15-14(11-7-3-2-4-8-11)21-22(16(15)23)17(18)25/h2-10,19H,1H3,(H2,18,25)/b20-15+. The van der Waals surface area contributed by atoms with Crippen LogP contribution in [0.4, 0.5) is 5.69 Å². The number of hydrogen-bond acceptors (Lipinski definition) is 6. The van der Waals surface area contributed by atoms with Crippen molar-refractivity contribution in [1.82, 2.24) is 5.01 Å². The summed E-state index contributed by atoms with van der Waals surface area (Å²) in [4.78, 5) is 12.5. The summed E-state index contributed by atoms with van der Waals surface area (Å²) >= 11 is 4.89. The van der Waals surface area contributed by atoms with E-state index in [1.165, 1.54) is 0 Å². The van der Waals surface area contributed by atoms with Crippen molar-refractivity contribution >= 4 is 40.3 Å². The molecule has 1 heterocycles. The first kappa shape index (κ1) is 16.6. The van der Waals surface area contributed by atoms with Crippen molar-refractivity contribution in [2.45, 2.75) is 0 Å². The Hall–Kier alpha value is -3.26. The number of benzene rings is 2. The van der Waals surface area contributed by atoms with Crippen LogP contribution in [-0.4, -0.2) is 34.6 Å². The number of carbonyl (C=O) groups is 1. The molecule has 0 saturated carbocycles. The minimum absolute atomic E-state index is 0.116. The summed E-state index contributed by atoms with van der Waals surface area (Å²) < 4.78 is 5.26. The van der Waals surface area contributed by atoms with Crippen molar-refractivity contribution in [3.8, 4) is 5.75 Å². The van der Waals surface area contributed by atoms with Gasteiger partial charge in [-0.15, -0.1) is 0 Å². The predicted octanol–water partition coefficient (Wildman–Crippen LogP) is 1.95. The second kappa shape index (κ2) is 7.10. The van der Waals surface area contributed by atoms with E-state index in [2.05, 4.69) is 15.6 Å². The first-order valence-corrected chi connectivity index (χ1v) is 7.77. The Labute approximate surface area is 149 Å². The molecular formula is C17H15N5O2S. The molecule has 126 valence electrons. The quantitative estimate of drug-likeness (QED) is 0.647. The van der Waals surface area contributed by atoms with Crippen molar-refractivity contribution in [1.29, 1.82) is 0 Å². The first-order chi connectivity index (χ1) is 12.1. The third kappa shape index (κ3) is 3.33. The minimum atomic E-state index is -0.492. The van der Waals surface area contributed by atoms with Gasteiger partial charge in [-0.2, -0.15) is 15.2 Å². The zero-order valence-corrected chi connectivity index (χ0v) is 14.2. The van der Waals surface area contributed by atoms with Crippen molar-refractivity contribution in [2.24, 2.45) is 15.9 Å². The lowest BCUT2D eigenvalue weighted by atomic mass is 10.1. The van der Waals surface area contributed by atoms with Gasteiger partial charge >= 0.3 is 5.91 Å². The highest BCUT2D eigenvalue weighted by molar-refractivity contribution is 7.80. The largest absolute Gasteiger partial charge is 0.495 e. The van der Waals surface area contributed by atoms with E-state index in [9.17, 15) is 4.79 Å². The molecule has 0 fully saturated rings. The van der Waals surface area contributed by atoms with Gasteiger partial charge < -0.3 is 10.5 Å². The maximum absolute atomic E-state index is 12.5.